The van der Waals surface area contributed by atoms with Crippen LogP contribution in [0.15, 0.2) is 40.9 Å². The molecule has 0 unspecified atom stereocenters. The summed E-state index contributed by atoms with van der Waals surface area (Å²) in [5.41, 5.74) is 5.94. The topological polar surface area (TPSA) is 43.1 Å². The van der Waals surface area contributed by atoms with E-state index in [4.69, 9.17) is 5.73 Å². The van der Waals surface area contributed by atoms with E-state index >= 15 is 0 Å². The highest BCUT2D eigenvalue weighted by atomic mass is 79.9. The van der Waals surface area contributed by atoms with Crippen molar-refractivity contribution in [3.63, 3.8) is 0 Å². The van der Waals surface area contributed by atoms with Crippen LogP contribution < -0.4 is 5.73 Å². The molecule has 2 N–H and O–H groups in total. The number of hydrogen-bond donors (Lipinski definition) is 1. The predicted molar refractivity (Wildman–Crippen MR) is 68.3 cm³/mol. The molecule has 0 saturated carbocycles. The Morgan fingerprint density at radius 1 is 1.11 bits per heavy atom. The van der Waals surface area contributed by atoms with Gasteiger partial charge >= 0.3 is 0 Å². The number of rotatable bonds is 2. The monoisotopic (exact) mass is 311 g/mol. The van der Waals surface area contributed by atoms with Crippen molar-refractivity contribution >= 4 is 27.4 Å². The molecule has 0 aliphatic rings. The van der Waals surface area contributed by atoms with Crippen molar-refractivity contribution in [2.45, 2.75) is 0 Å². The number of ketones is 1. The molecule has 0 aliphatic carbocycles. The number of nitrogen functional groups attached to an aromatic ring is 1. The number of nitrogens with two attached hydrogens (primary N) is 1. The molecule has 0 atom stereocenters. The summed E-state index contributed by atoms with van der Waals surface area (Å²) < 4.78 is 27.0. The number of carbonyl (C=O) groups is 1. The number of halogens is 3. The van der Waals surface area contributed by atoms with Crippen LogP contribution in [0.2, 0.25) is 0 Å². The summed E-state index contributed by atoms with van der Waals surface area (Å²) in [7, 11) is 0. The molecule has 2 nitrogen and oxygen atoms in total. The quantitative estimate of drug-likeness (QED) is 0.681. The molecule has 0 heterocycles. The van der Waals surface area contributed by atoms with Gasteiger partial charge in [-0.1, -0.05) is 6.07 Å². The Morgan fingerprint density at radius 3 is 2.50 bits per heavy atom. The minimum Gasteiger partial charge on any atom is -0.399 e. The SMILES string of the molecule is Nc1ccc(C(=O)c2cccc(F)c2F)c(Br)c1. The zero-order valence-electron chi connectivity index (χ0n) is 9.08. The van der Waals surface area contributed by atoms with Gasteiger partial charge in [0.2, 0.25) is 0 Å². The molecule has 0 radical (unpaired) electrons. The van der Waals surface area contributed by atoms with Gasteiger partial charge in [0.25, 0.3) is 0 Å². The van der Waals surface area contributed by atoms with Gasteiger partial charge in [-0.25, -0.2) is 8.78 Å². The normalized spacial score (nSPS) is 10.4. The third-order valence-corrected chi connectivity index (χ3v) is 3.09. The van der Waals surface area contributed by atoms with Gasteiger partial charge in [0.05, 0.1) is 5.56 Å². The minimum absolute atomic E-state index is 0.230. The summed E-state index contributed by atoms with van der Waals surface area (Å²) in [5, 5.41) is 0. The van der Waals surface area contributed by atoms with E-state index in [0.717, 1.165) is 6.07 Å². The van der Waals surface area contributed by atoms with Crippen molar-refractivity contribution in [2.24, 2.45) is 0 Å². The van der Waals surface area contributed by atoms with E-state index in [0.29, 0.717) is 10.2 Å². The van der Waals surface area contributed by atoms with E-state index < -0.39 is 17.4 Å². The molecule has 0 fully saturated rings. The van der Waals surface area contributed by atoms with E-state index in [1.165, 1.54) is 30.3 Å². The fourth-order valence-corrected chi connectivity index (χ4v) is 2.12. The standard InChI is InChI=1S/C13H8BrF2NO/c14-10-6-7(17)4-5-8(10)13(18)9-2-1-3-11(15)12(9)16/h1-6H,17H2. The van der Waals surface area contributed by atoms with E-state index in [1.54, 1.807) is 0 Å². The molecule has 0 spiro atoms. The van der Waals surface area contributed by atoms with Crippen molar-refractivity contribution in [3.05, 3.63) is 63.6 Å². The maximum Gasteiger partial charge on any atom is 0.197 e. The molecule has 0 amide bonds. The molecule has 18 heavy (non-hydrogen) atoms. The van der Waals surface area contributed by atoms with E-state index in [9.17, 15) is 13.6 Å². The third-order valence-electron chi connectivity index (χ3n) is 2.43. The van der Waals surface area contributed by atoms with Crippen molar-refractivity contribution in [3.8, 4) is 0 Å². The average molecular weight is 312 g/mol. The number of benzene rings is 2. The van der Waals surface area contributed by atoms with Crippen LogP contribution in [-0.4, -0.2) is 5.78 Å². The lowest BCUT2D eigenvalue weighted by Crippen LogP contribution is -2.07. The van der Waals surface area contributed by atoms with Crippen LogP contribution in [0.3, 0.4) is 0 Å². The van der Waals surface area contributed by atoms with Crippen molar-refractivity contribution in [1.82, 2.24) is 0 Å². The number of carbonyl (C=O) groups excluding carboxylic acids is 1. The van der Waals surface area contributed by atoms with Gasteiger partial charge in [0, 0.05) is 15.7 Å². The van der Waals surface area contributed by atoms with Crippen LogP contribution in [0, 0.1) is 11.6 Å². The lowest BCUT2D eigenvalue weighted by atomic mass is 10.0. The summed E-state index contributed by atoms with van der Waals surface area (Å²) in [4.78, 5) is 12.1. The van der Waals surface area contributed by atoms with Crippen LogP contribution >= 0.6 is 15.9 Å². The Kier molecular flexibility index (Phi) is 3.43. The maximum atomic E-state index is 13.5. The molecule has 0 bridgehead atoms. The van der Waals surface area contributed by atoms with Gasteiger partial charge in [-0.3, -0.25) is 4.79 Å². The van der Waals surface area contributed by atoms with E-state index in [1.807, 2.05) is 0 Å². The fraction of sp³-hybridized carbons (Fsp3) is 0. The van der Waals surface area contributed by atoms with Crippen LogP contribution in [0.1, 0.15) is 15.9 Å². The number of anilines is 1. The molecular formula is C13H8BrF2NO. The fourth-order valence-electron chi connectivity index (χ4n) is 1.54. The molecule has 0 aromatic heterocycles. The zero-order valence-corrected chi connectivity index (χ0v) is 10.7. The largest absolute Gasteiger partial charge is 0.399 e. The zero-order chi connectivity index (χ0) is 13.3. The first-order valence-corrected chi connectivity index (χ1v) is 5.83. The summed E-state index contributed by atoms with van der Waals surface area (Å²) in [6.45, 7) is 0. The Bertz CT molecular complexity index is 628. The predicted octanol–water partition coefficient (Wildman–Crippen LogP) is 3.54. The van der Waals surface area contributed by atoms with E-state index in [2.05, 4.69) is 15.9 Å². The Morgan fingerprint density at radius 2 is 1.83 bits per heavy atom. The molecule has 2 aromatic carbocycles. The molecule has 5 heteroatoms. The summed E-state index contributed by atoms with van der Waals surface area (Å²) in [6, 6.07) is 8.01. The van der Waals surface area contributed by atoms with Crippen LogP contribution in [0.4, 0.5) is 14.5 Å². The lowest BCUT2D eigenvalue weighted by Gasteiger charge is -2.06. The summed E-state index contributed by atoms with van der Waals surface area (Å²) in [6.07, 6.45) is 0. The van der Waals surface area contributed by atoms with Gasteiger partial charge in [-0.2, -0.15) is 0 Å². The second kappa shape index (κ2) is 4.86. The second-order valence-electron chi connectivity index (χ2n) is 3.67. The lowest BCUT2D eigenvalue weighted by molar-refractivity contribution is 0.103. The van der Waals surface area contributed by atoms with Crippen molar-refractivity contribution < 1.29 is 13.6 Å². The minimum atomic E-state index is -1.15. The maximum absolute atomic E-state index is 13.5. The highest BCUT2D eigenvalue weighted by Gasteiger charge is 2.18. The third kappa shape index (κ3) is 2.26. The van der Waals surface area contributed by atoms with Gasteiger partial charge in [0.15, 0.2) is 17.4 Å². The highest BCUT2D eigenvalue weighted by Crippen LogP contribution is 2.24. The molecule has 2 aromatic rings. The van der Waals surface area contributed by atoms with Gasteiger partial charge in [-0.05, 0) is 46.3 Å². The Labute approximate surface area is 111 Å². The summed E-state index contributed by atoms with van der Waals surface area (Å²) >= 11 is 3.17. The summed E-state index contributed by atoms with van der Waals surface area (Å²) in [5.74, 6) is -2.79. The Hall–Kier alpha value is -1.75. The molecule has 0 saturated heterocycles. The molecule has 92 valence electrons. The van der Waals surface area contributed by atoms with Crippen LogP contribution in [0.5, 0.6) is 0 Å². The first-order chi connectivity index (χ1) is 8.50. The first-order valence-electron chi connectivity index (χ1n) is 5.04. The molecule has 0 aliphatic heterocycles. The van der Waals surface area contributed by atoms with Crippen molar-refractivity contribution in [1.29, 1.82) is 0 Å². The first kappa shape index (κ1) is 12.7. The van der Waals surface area contributed by atoms with Crippen LogP contribution in [-0.2, 0) is 0 Å². The van der Waals surface area contributed by atoms with Crippen LogP contribution in [0.25, 0.3) is 0 Å². The van der Waals surface area contributed by atoms with Gasteiger partial charge in [0.1, 0.15) is 0 Å². The Balaban J connectivity index is 2.51. The second-order valence-corrected chi connectivity index (χ2v) is 4.52. The molecule has 2 rings (SSSR count). The van der Waals surface area contributed by atoms with Crippen molar-refractivity contribution in [2.75, 3.05) is 5.73 Å². The van der Waals surface area contributed by atoms with Gasteiger partial charge < -0.3 is 5.73 Å². The average Bonchev–Trinajstić information content (AvgIpc) is 2.32. The molecular weight excluding hydrogens is 304 g/mol. The number of hydrogen-bond acceptors (Lipinski definition) is 2. The van der Waals surface area contributed by atoms with Gasteiger partial charge in [-0.15, -0.1) is 0 Å². The highest BCUT2D eigenvalue weighted by molar-refractivity contribution is 9.10. The van der Waals surface area contributed by atoms with E-state index in [-0.39, 0.29) is 11.1 Å². The smallest absolute Gasteiger partial charge is 0.197 e.